The Morgan fingerprint density at radius 1 is 1.12 bits per heavy atom. The minimum absolute atomic E-state index is 0.0782. The van der Waals surface area contributed by atoms with Gasteiger partial charge in [-0.15, -0.1) is 0 Å². The number of carbonyl (C=O) groups is 2. The number of nitrogens with zero attached hydrogens (tertiary/aromatic N) is 2. The Kier molecular flexibility index (Phi) is 5.25. The van der Waals surface area contributed by atoms with E-state index in [0.29, 0.717) is 0 Å². The summed E-state index contributed by atoms with van der Waals surface area (Å²) in [6.07, 6.45) is 1.08. The number of aromatic hydroxyl groups is 2. The first-order valence-electron chi connectivity index (χ1n) is 6.77. The zero-order valence-corrected chi connectivity index (χ0v) is 12.5. The van der Waals surface area contributed by atoms with Gasteiger partial charge in [-0.2, -0.15) is 5.10 Å². The number of nitro benzene ring substituents is 1. The SMILES string of the molecule is O=C(NN=Cc1ccc(O)cc1O)C(=O)Nc1cccc([N+](=O)[O-])c1. The molecule has 0 fully saturated rings. The molecule has 0 atom stereocenters. The van der Waals surface area contributed by atoms with Crippen LogP contribution in [0.3, 0.4) is 0 Å². The minimum Gasteiger partial charge on any atom is -0.508 e. The number of amides is 2. The summed E-state index contributed by atoms with van der Waals surface area (Å²) in [7, 11) is 0. The van der Waals surface area contributed by atoms with Gasteiger partial charge in [0.1, 0.15) is 11.5 Å². The summed E-state index contributed by atoms with van der Waals surface area (Å²) < 4.78 is 0. The lowest BCUT2D eigenvalue weighted by Gasteiger charge is -2.04. The van der Waals surface area contributed by atoms with Gasteiger partial charge in [-0.1, -0.05) is 6.07 Å². The summed E-state index contributed by atoms with van der Waals surface area (Å²) in [6.45, 7) is 0. The van der Waals surface area contributed by atoms with Crippen molar-refractivity contribution in [3.8, 4) is 11.5 Å². The number of nitro groups is 1. The number of hydrogen-bond acceptors (Lipinski definition) is 7. The van der Waals surface area contributed by atoms with Crippen molar-refractivity contribution in [1.29, 1.82) is 0 Å². The normalized spacial score (nSPS) is 10.4. The van der Waals surface area contributed by atoms with Gasteiger partial charge in [-0.25, -0.2) is 5.43 Å². The Morgan fingerprint density at radius 3 is 2.56 bits per heavy atom. The monoisotopic (exact) mass is 344 g/mol. The highest BCUT2D eigenvalue weighted by Gasteiger charge is 2.14. The van der Waals surface area contributed by atoms with Gasteiger partial charge >= 0.3 is 11.8 Å². The maximum Gasteiger partial charge on any atom is 0.329 e. The second-order valence-corrected chi connectivity index (χ2v) is 4.70. The highest BCUT2D eigenvalue weighted by Crippen LogP contribution is 2.20. The lowest BCUT2D eigenvalue weighted by molar-refractivity contribution is -0.384. The number of benzene rings is 2. The molecule has 0 unspecified atom stereocenters. The number of hydrogen-bond donors (Lipinski definition) is 4. The molecule has 0 aliphatic carbocycles. The molecule has 25 heavy (non-hydrogen) atoms. The molecule has 2 rings (SSSR count). The van der Waals surface area contributed by atoms with Crippen LogP contribution in [0.25, 0.3) is 0 Å². The van der Waals surface area contributed by atoms with Crippen LogP contribution in [0.2, 0.25) is 0 Å². The lowest BCUT2D eigenvalue weighted by atomic mass is 10.2. The zero-order chi connectivity index (χ0) is 18.4. The number of phenols is 2. The van der Waals surface area contributed by atoms with Crippen molar-refractivity contribution in [2.24, 2.45) is 5.10 Å². The van der Waals surface area contributed by atoms with E-state index in [1.807, 2.05) is 5.43 Å². The second-order valence-electron chi connectivity index (χ2n) is 4.70. The van der Waals surface area contributed by atoms with Gasteiger partial charge in [0.25, 0.3) is 5.69 Å². The van der Waals surface area contributed by atoms with Gasteiger partial charge in [0.2, 0.25) is 0 Å². The average Bonchev–Trinajstić information content (AvgIpc) is 2.56. The Hall–Kier alpha value is -3.95. The Balaban J connectivity index is 1.96. The molecule has 0 aliphatic rings. The van der Waals surface area contributed by atoms with Crippen LogP contribution in [-0.4, -0.2) is 33.2 Å². The largest absolute Gasteiger partial charge is 0.508 e. The van der Waals surface area contributed by atoms with E-state index in [2.05, 4.69) is 10.4 Å². The first-order chi connectivity index (χ1) is 11.9. The molecule has 10 heteroatoms. The van der Waals surface area contributed by atoms with Crippen molar-refractivity contribution in [3.63, 3.8) is 0 Å². The molecular formula is C15H12N4O6. The number of nitrogens with one attached hydrogen (secondary N) is 2. The molecule has 0 heterocycles. The van der Waals surface area contributed by atoms with Crippen molar-refractivity contribution >= 4 is 29.4 Å². The van der Waals surface area contributed by atoms with Crippen LogP contribution in [0, 0.1) is 10.1 Å². The fourth-order valence-electron chi connectivity index (χ4n) is 1.74. The van der Waals surface area contributed by atoms with E-state index in [9.17, 15) is 24.8 Å². The van der Waals surface area contributed by atoms with Gasteiger partial charge in [0, 0.05) is 29.4 Å². The standard InChI is InChI=1S/C15H12N4O6/c20-12-5-4-9(13(21)7-12)8-16-18-15(23)14(22)17-10-2-1-3-11(6-10)19(24)25/h1-8,20-21H,(H,17,22)(H,18,23). The second kappa shape index (κ2) is 7.55. The molecule has 10 nitrogen and oxygen atoms in total. The van der Waals surface area contributed by atoms with E-state index in [0.717, 1.165) is 18.3 Å². The van der Waals surface area contributed by atoms with Crippen molar-refractivity contribution in [2.75, 3.05) is 5.32 Å². The molecule has 0 bridgehead atoms. The first-order valence-corrected chi connectivity index (χ1v) is 6.77. The van der Waals surface area contributed by atoms with E-state index in [1.54, 1.807) is 0 Å². The number of phenolic OH excluding ortho intramolecular Hbond substituents is 2. The molecule has 128 valence electrons. The molecule has 0 saturated heterocycles. The highest BCUT2D eigenvalue weighted by molar-refractivity contribution is 6.39. The Bertz CT molecular complexity index is 865. The van der Waals surface area contributed by atoms with Crippen LogP contribution in [0.15, 0.2) is 47.6 Å². The summed E-state index contributed by atoms with van der Waals surface area (Å²) in [4.78, 5) is 33.3. The smallest absolute Gasteiger partial charge is 0.329 e. The van der Waals surface area contributed by atoms with Crippen LogP contribution in [-0.2, 0) is 9.59 Å². The average molecular weight is 344 g/mol. The van der Waals surface area contributed by atoms with Crippen molar-refractivity contribution < 1.29 is 24.7 Å². The highest BCUT2D eigenvalue weighted by atomic mass is 16.6. The number of anilines is 1. The third kappa shape index (κ3) is 4.76. The third-order valence-corrected chi connectivity index (χ3v) is 2.90. The van der Waals surface area contributed by atoms with Crippen LogP contribution < -0.4 is 10.7 Å². The van der Waals surface area contributed by atoms with Crippen LogP contribution in [0.5, 0.6) is 11.5 Å². The van der Waals surface area contributed by atoms with Gasteiger partial charge in [-0.3, -0.25) is 19.7 Å². The summed E-state index contributed by atoms with van der Waals surface area (Å²) in [5, 5.41) is 35.0. The summed E-state index contributed by atoms with van der Waals surface area (Å²) in [5.74, 6) is -2.59. The minimum atomic E-state index is -1.11. The topological polar surface area (TPSA) is 154 Å². The molecule has 0 aromatic heterocycles. The molecular weight excluding hydrogens is 332 g/mol. The van der Waals surface area contributed by atoms with Gasteiger partial charge in [-0.05, 0) is 18.2 Å². The van der Waals surface area contributed by atoms with E-state index in [1.165, 1.54) is 30.3 Å². The maximum absolute atomic E-state index is 11.7. The maximum atomic E-state index is 11.7. The van der Waals surface area contributed by atoms with Crippen LogP contribution >= 0.6 is 0 Å². The number of rotatable bonds is 4. The molecule has 0 saturated carbocycles. The van der Waals surface area contributed by atoms with Gasteiger partial charge in [0.05, 0.1) is 11.1 Å². The van der Waals surface area contributed by atoms with Gasteiger partial charge in [0.15, 0.2) is 0 Å². The van der Waals surface area contributed by atoms with Crippen LogP contribution in [0.4, 0.5) is 11.4 Å². The van der Waals surface area contributed by atoms with Gasteiger partial charge < -0.3 is 15.5 Å². The van der Waals surface area contributed by atoms with E-state index in [4.69, 9.17) is 5.11 Å². The van der Waals surface area contributed by atoms with Crippen molar-refractivity contribution in [3.05, 3.63) is 58.1 Å². The molecule has 0 spiro atoms. The fourth-order valence-corrected chi connectivity index (χ4v) is 1.74. The Labute approximate surface area is 140 Å². The number of hydrazone groups is 1. The number of non-ortho nitro benzene ring substituents is 1. The molecule has 2 aromatic carbocycles. The molecule has 2 aromatic rings. The fraction of sp³-hybridized carbons (Fsp3) is 0. The lowest BCUT2D eigenvalue weighted by Crippen LogP contribution is -2.32. The molecule has 4 N–H and O–H groups in total. The molecule has 0 radical (unpaired) electrons. The predicted octanol–water partition coefficient (Wildman–Crippen LogP) is 1.09. The first kappa shape index (κ1) is 17.4. The summed E-state index contributed by atoms with van der Waals surface area (Å²) in [6, 6.07) is 8.82. The zero-order valence-electron chi connectivity index (χ0n) is 12.5. The molecule has 2 amide bonds. The molecule has 0 aliphatic heterocycles. The van der Waals surface area contributed by atoms with E-state index in [-0.39, 0.29) is 28.4 Å². The number of carbonyl (C=O) groups excluding carboxylic acids is 2. The van der Waals surface area contributed by atoms with Crippen molar-refractivity contribution in [2.45, 2.75) is 0 Å². The van der Waals surface area contributed by atoms with E-state index < -0.39 is 16.7 Å². The predicted molar refractivity (Wildman–Crippen MR) is 87.2 cm³/mol. The third-order valence-electron chi connectivity index (χ3n) is 2.90. The van der Waals surface area contributed by atoms with Crippen LogP contribution in [0.1, 0.15) is 5.56 Å². The Morgan fingerprint density at radius 2 is 1.88 bits per heavy atom. The summed E-state index contributed by atoms with van der Waals surface area (Å²) >= 11 is 0. The quantitative estimate of drug-likeness (QED) is 0.282. The summed E-state index contributed by atoms with van der Waals surface area (Å²) in [5.41, 5.74) is 1.99. The van der Waals surface area contributed by atoms with E-state index >= 15 is 0 Å². The van der Waals surface area contributed by atoms with Crippen molar-refractivity contribution in [1.82, 2.24) is 5.43 Å².